The Morgan fingerprint density at radius 3 is 2.04 bits per heavy atom. The first kappa shape index (κ1) is 21.7. The standard InChI is InChI=1S/C16H27NO8/c1-4-6-11(20)15(23)13(22)10(8-18)25-16(24,12(21)7-5-2)14(15)17-9(3)19/h10,13-14,18,22-24H,4-8H2,1-3H3,(H,17,19)/t10-,13-,14-,15+,16+/m1/s1. The fourth-order valence-electron chi connectivity index (χ4n) is 3.05. The van der Waals surface area contributed by atoms with Crippen LogP contribution in [0.1, 0.15) is 46.5 Å². The summed E-state index contributed by atoms with van der Waals surface area (Å²) in [6.45, 7) is 3.56. The lowest BCUT2D eigenvalue weighted by Crippen LogP contribution is -2.80. The van der Waals surface area contributed by atoms with E-state index in [1.165, 1.54) is 0 Å². The molecule has 1 aliphatic heterocycles. The quantitative estimate of drug-likeness (QED) is 0.346. The van der Waals surface area contributed by atoms with Crippen molar-refractivity contribution in [3.63, 3.8) is 0 Å². The summed E-state index contributed by atoms with van der Waals surface area (Å²) in [5.74, 6) is -5.24. The van der Waals surface area contributed by atoms with Crippen molar-refractivity contribution in [3.8, 4) is 0 Å². The summed E-state index contributed by atoms with van der Waals surface area (Å²) in [5.41, 5.74) is -2.69. The van der Waals surface area contributed by atoms with Crippen molar-refractivity contribution in [2.75, 3.05) is 6.61 Å². The molecule has 0 unspecified atom stereocenters. The Hall–Kier alpha value is -1.39. The molecule has 0 saturated carbocycles. The number of ketones is 2. The molecule has 25 heavy (non-hydrogen) atoms. The highest BCUT2D eigenvalue weighted by molar-refractivity contribution is 5.94. The molecule has 0 aromatic carbocycles. The minimum Gasteiger partial charge on any atom is -0.394 e. The van der Waals surface area contributed by atoms with Gasteiger partial charge in [0.25, 0.3) is 5.79 Å². The van der Waals surface area contributed by atoms with E-state index in [0.29, 0.717) is 12.8 Å². The molecule has 1 fully saturated rings. The number of amides is 1. The van der Waals surface area contributed by atoms with Crippen LogP contribution in [0.4, 0.5) is 0 Å². The summed E-state index contributed by atoms with van der Waals surface area (Å²) in [6, 6.07) is -1.91. The average Bonchev–Trinajstić information content (AvgIpc) is 2.55. The van der Waals surface area contributed by atoms with E-state index >= 15 is 0 Å². The first-order valence-electron chi connectivity index (χ1n) is 8.34. The highest BCUT2D eigenvalue weighted by atomic mass is 16.7. The second kappa shape index (κ2) is 8.33. The summed E-state index contributed by atoms with van der Waals surface area (Å²) in [7, 11) is 0. The molecule has 9 nitrogen and oxygen atoms in total. The van der Waals surface area contributed by atoms with Crippen molar-refractivity contribution in [1.29, 1.82) is 0 Å². The Labute approximate surface area is 146 Å². The number of nitrogens with one attached hydrogen (secondary N) is 1. The summed E-state index contributed by atoms with van der Waals surface area (Å²) in [4.78, 5) is 36.5. The molecule has 1 rings (SSSR count). The van der Waals surface area contributed by atoms with Crippen LogP contribution in [-0.2, 0) is 19.1 Å². The van der Waals surface area contributed by atoms with E-state index in [-0.39, 0.29) is 12.8 Å². The zero-order chi connectivity index (χ0) is 19.4. The van der Waals surface area contributed by atoms with Crippen LogP contribution >= 0.6 is 0 Å². The number of aliphatic hydroxyl groups excluding tert-OH is 2. The van der Waals surface area contributed by atoms with Crippen molar-refractivity contribution in [1.82, 2.24) is 5.32 Å². The summed E-state index contributed by atoms with van der Waals surface area (Å²) in [5, 5.41) is 43.8. The van der Waals surface area contributed by atoms with Gasteiger partial charge in [-0.15, -0.1) is 0 Å². The van der Waals surface area contributed by atoms with Gasteiger partial charge in [0.15, 0.2) is 17.2 Å². The Morgan fingerprint density at radius 2 is 1.60 bits per heavy atom. The summed E-state index contributed by atoms with van der Waals surface area (Å²) >= 11 is 0. The number of aliphatic hydroxyl groups is 4. The van der Waals surface area contributed by atoms with Crippen molar-refractivity contribution in [2.45, 2.75) is 76.1 Å². The second-order valence-electron chi connectivity index (χ2n) is 6.29. The molecule has 9 heteroatoms. The molecular weight excluding hydrogens is 334 g/mol. The molecule has 0 aromatic rings. The monoisotopic (exact) mass is 361 g/mol. The van der Waals surface area contributed by atoms with Gasteiger partial charge in [0.05, 0.1) is 6.61 Å². The zero-order valence-electron chi connectivity index (χ0n) is 14.7. The Morgan fingerprint density at radius 1 is 1.08 bits per heavy atom. The van der Waals surface area contributed by atoms with Crippen LogP contribution in [0.25, 0.3) is 0 Å². The van der Waals surface area contributed by atoms with Crippen molar-refractivity contribution in [2.24, 2.45) is 0 Å². The molecule has 0 aliphatic carbocycles. The normalized spacial score (nSPS) is 35.2. The lowest BCUT2D eigenvalue weighted by Gasteiger charge is -2.52. The molecule has 1 saturated heterocycles. The maximum absolute atomic E-state index is 12.5. The third-order valence-electron chi connectivity index (χ3n) is 4.29. The Kier molecular flexibility index (Phi) is 7.21. The molecule has 0 radical (unpaired) electrons. The first-order chi connectivity index (χ1) is 11.6. The van der Waals surface area contributed by atoms with Gasteiger partial charge in [-0.25, -0.2) is 0 Å². The average molecular weight is 361 g/mol. The van der Waals surface area contributed by atoms with Gasteiger partial charge in [-0.05, 0) is 12.8 Å². The fourth-order valence-corrected chi connectivity index (χ4v) is 3.05. The number of rotatable bonds is 8. The number of hydrogen-bond donors (Lipinski definition) is 5. The Balaban J connectivity index is 3.52. The minimum absolute atomic E-state index is 0.154. The van der Waals surface area contributed by atoms with Gasteiger partial charge in [-0.3, -0.25) is 14.4 Å². The molecule has 5 atom stereocenters. The van der Waals surface area contributed by atoms with Gasteiger partial charge in [0.1, 0.15) is 18.2 Å². The van der Waals surface area contributed by atoms with Crippen LogP contribution in [0, 0.1) is 0 Å². The summed E-state index contributed by atoms with van der Waals surface area (Å²) in [6.07, 6.45) is -3.18. The predicted octanol–water partition coefficient (Wildman–Crippen LogP) is -1.60. The minimum atomic E-state index is -2.76. The SMILES string of the molecule is CCCC(=O)[C@]1(O)[C@H](O)[C@@H](CO)O[C@@](O)(C(=O)CCC)[C@@H]1NC(C)=O. The molecule has 1 aliphatic rings. The van der Waals surface area contributed by atoms with Crippen LogP contribution in [0.2, 0.25) is 0 Å². The smallest absolute Gasteiger partial charge is 0.251 e. The van der Waals surface area contributed by atoms with Gasteiger partial charge < -0.3 is 30.5 Å². The largest absolute Gasteiger partial charge is 0.394 e. The number of ether oxygens (including phenoxy) is 1. The highest BCUT2D eigenvalue weighted by Crippen LogP contribution is 2.38. The van der Waals surface area contributed by atoms with Gasteiger partial charge in [0.2, 0.25) is 5.91 Å². The van der Waals surface area contributed by atoms with Gasteiger partial charge >= 0.3 is 0 Å². The van der Waals surface area contributed by atoms with Crippen molar-refractivity contribution in [3.05, 3.63) is 0 Å². The molecule has 0 bridgehead atoms. The third-order valence-corrected chi connectivity index (χ3v) is 4.29. The van der Waals surface area contributed by atoms with Gasteiger partial charge in [-0.2, -0.15) is 0 Å². The van der Waals surface area contributed by atoms with E-state index in [1.807, 2.05) is 0 Å². The lowest BCUT2D eigenvalue weighted by atomic mass is 9.72. The molecule has 0 spiro atoms. The highest BCUT2D eigenvalue weighted by Gasteiger charge is 2.67. The lowest BCUT2D eigenvalue weighted by molar-refractivity contribution is -0.319. The van der Waals surface area contributed by atoms with E-state index in [2.05, 4.69) is 5.32 Å². The van der Waals surface area contributed by atoms with Crippen LogP contribution in [-0.4, -0.2) is 74.1 Å². The number of carbonyl (C=O) groups is 3. The van der Waals surface area contributed by atoms with E-state index < -0.39 is 53.7 Å². The van der Waals surface area contributed by atoms with Crippen molar-refractivity contribution < 1.29 is 39.5 Å². The van der Waals surface area contributed by atoms with Crippen LogP contribution in [0.3, 0.4) is 0 Å². The van der Waals surface area contributed by atoms with Crippen LogP contribution in [0.15, 0.2) is 0 Å². The predicted molar refractivity (Wildman–Crippen MR) is 85.3 cm³/mol. The number of Topliss-reactive ketones (excluding diaryl/α,β-unsaturated/α-hetero) is 2. The number of carbonyl (C=O) groups excluding carboxylic acids is 3. The third kappa shape index (κ3) is 3.90. The topological polar surface area (TPSA) is 153 Å². The van der Waals surface area contributed by atoms with Crippen molar-refractivity contribution >= 4 is 17.5 Å². The van der Waals surface area contributed by atoms with Gasteiger partial charge in [0, 0.05) is 19.8 Å². The van der Waals surface area contributed by atoms with E-state index in [0.717, 1.165) is 6.92 Å². The first-order valence-corrected chi connectivity index (χ1v) is 8.34. The van der Waals surface area contributed by atoms with Crippen LogP contribution < -0.4 is 5.32 Å². The molecule has 5 N–H and O–H groups in total. The van der Waals surface area contributed by atoms with Gasteiger partial charge in [-0.1, -0.05) is 13.8 Å². The van der Waals surface area contributed by atoms with E-state index in [4.69, 9.17) is 4.74 Å². The van der Waals surface area contributed by atoms with E-state index in [9.17, 15) is 34.8 Å². The fraction of sp³-hybridized carbons (Fsp3) is 0.812. The molecule has 1 amide bonds. The summed E-state index contributed by atoms with van der Waals surface area (Å²) < 4.78 is 5.17. The maximum atomic E-state index is 12.5. The molecular formula is C16H27NO8. The Bertz CT molecular complexity index is 524. The second-order valence-corrected chi connectivity index (χ2v) is 6.29. The maximum Gasteiger partial charge on any atom is 0.251 e. The van der Waals surface area contributed by atoms with E-state index in [1.54, 1.807) is 13.8 Å². The zero-order valence-corrected chi connectivity index (χ0v) is 14.7. The number of hydrogen-bond acceptors (Lipinski definition) is 8. The van der Waals surface area contributed by atoms with Crippen LogP contribution in [0.5, 0.6) is 0 Å². The molecule has 144 valence electrons. The molecule has 0 aromatic heterocycles. The molecule has 1 heterocycles.